The minimum Gasteiger partial charge on any atom is -0.368 e. The molecule has 1 N–H and O–H groups in total. The van der Waals surface area contributed by atoms with E-state index in [1.807, 2.05) is 6.92 Å². The molecule has 4 nitrogen and oxygen atoms in total. The first-order valence-corrected chi connectivity index (χ1v) is 3.86. The third-order valence-electron chi connectivity index (χ3n) is 1.69. The van der Waals surface area contributed by atoms with Gasteiger partial charge in [0.25, 0.3) is 0 Å². The SMILES string of the molecule is CC(=O)ON1CCNC[C@@H]1C.Cl. The maximum Gasteiger partial charge on any atom is 0.322 e. The topological polar surface area (TPSA) is 41.6 Å². The van der Waals surface area contributed by atoms with E-state index >= 15 is 0 Å². The van der Waals surface area contributed by atoms with Crippen LogP contribution in [0.1, 0.15) is 13.8 Å². The van der Waals surface area contributed by atoms with E-state index in [-0.39, 0.29) is 24.4 Å². The molecule has 0 radical (unpaired) electrons. The van der Waals surface area contributed by atoms with Gasteiger partial charge in [-0.05, 0) is 6.92 Å². The maximum absolute atomic E-state index is 10.6. The molecule has 72 valence electrons. The second kappa shape index (κ2) is 5.35. The number of hydrogen-bond acceptors (Lipinski definition) is 4. The molecule has 1 atom stereocenters. The Morgan fingerprint density at radius 1 is 1.67 bits per heavy atom. The minimum atomic E-state index is -0.237. The van der Waals surface area contributed by atoms with E-state index in [4.69, 9.17) is 4.84 Å². The van der Waals surface area contributed by atoms with Gasteiger partial charge < -0.3 is 10.2 Å². The Hall–Kier alpha value is -0.320. The van der Waals surface area contributed by atoms with E-state index < -0.39 is 0 Å². The fraction of sp³-hybridized carbons (Fsp3) is 0.857. The summed E-state index contributed by atoms with van der Waals surface area (Å²) in [5.74, 6) is -0.237. The zero-order chi connectivity index (χ0) is 8.27. The number of piperazine rings is 1. The fourth-order valence-corrected chi connectivity index (χ4v) is 1.12. The Morgan fingerprint density at radius 2 is 2.33 bits per heavy atom. The summed E-state index contributed by atoms with van der Waals surface area (Å²) in [6.45, 7) is 6.00. The molecule has 0 saturated carbocycles. The molecule has 1 saturated heterocycles. The van der Waals surface area contributed by atoms with Gasteiger partial charge in [0.05, 0.1) is 6.04 Å². The van der Waals surface area contributed by atoms with E-state index in [0.29, 0.717) is 0 Å². The van der Waals surface area contributed by atoms with Gasteiger partial charge in [0.15, 0.2) is 0 Å². The monoisotopic (exact) mass is 194 g/mol. The molecule has 1 aliphatic rings. The van der Waals surface area contributed by atoms with Gasteiger partial charge in [0.2, 0.25) is 0 Å². The second-order valence-corrected chi connectivity index (χ2v) is 2.78. The lowest BCUT2D eigenvalue weighted by atomic mass is 10.3. The summed E-state index contributed by atoms with van der Waals surface area (Å²) in [6.07, 6.45) is 0. The van der Waals surface area contributed by atoms with Crippen molar-refractivity contribution in [1.29, 1.82) is 0 Å². The molecule has 0 aromatic rings. The molecule has 5 heteroatoms. The molecule has 0 aromatic carbocycles. The maximum atomic E-state index is 10.6. The van der Waals surface area contributed by atoms with Gasteiger partial charge in [0.1, 0.15) is 0 Å². The van der Waals surface area contributed by atoms with Crippen LogP contribution in [-0.4, -0.2) is 36.7 Å². The quantitative estimate of drug-likeness (QED) is 0.647. The molecule has 1 heterocycles. The molecule has 0 unspecified atom stereocenters. The number of nitrogens with one attached hydrogen (secondary N) is 1. The van der Waals surface area contributed by atoms with Gasteiger partial charge >= 0.3 is 5.97 Å². The minimum absolute atomic E-state index is 0. The van der Waals surface area contributed by atoms with E-state index in [1.165, 1.54) is 6.92 Å². The van der Waals surface area contributed by atoms with E-state index in [1.54, 1.807) is 5.06 Å². The number of halogens is 1. The Bertz CT molecular complexity index is 154. The van der Waals surface area contributed by atoms with Crippen molar-refractivity contribution in [2.45, 2.75) is 19.9 Å². The highest BCUT2D eigenvalue weighted by atomic mass is 35.5. The lowest BCUT2D eigenvalue weighted by Gasteiger charge is -2.31. The van der Waals surface area contributed by atoms with Gasteiger partial charge in [0, 0.05) is 26.6 Å². The standard InChI is InChI=1S/C7H14N2O2.ClH/c1-6-5-8-3-4-9(6)11-7(2)10;/h6,8H,3-5H2,1-2H3;1H/t6-;/m0./s1. The first-order chi connectivity index (χ1) is 5.20. The molecular weight excluding hydrogens is 180 g/mol. The predicted molar refractivity (Wildman–Crippen MR) is 48.1 cm³/mol. The van der Waals surface area contributed by atoms with Crippen LogP contribution in [0.5, 0.6) is 0 Å². The lowest BCUT2D eigenvalue weighted by Crippen LogP contribution is -2.50. The molecule has 1 aliphatic heterocycles. The number of hydroxylamine groups is 2. The molecule has 12 heavy (non-hydrogen) atoms. The summed E-state index contributed by atoms with van der Waals surface area (Å²) >= 11 is 0. The van der Waals surface area contributed by atoms with E-state index in [9.17, 15) is 4.79 Å². The van der Waals surface area contributed by atoms with Crippen LogP contribution in [0.3, 0.4) is 0 Å². The third-order valence-corrected chi connectivity index (χ3v) is 1.69. The van der Waals surface area contributed by atoms with Crippen LogP contribution < -0.4 is 5.32 Å². The fourth-order valence-electron chi connectivity index (χ4n) is 1.12. The van der Waals surface area contributed by atoms with Gasteiger partial charge in [-0.3, -0.25) is 4.79 Å². The number of carbonyl (C=O) groups excluding carboxylic acids is 1. The molecular formula is C7H15ClN2O2. The summed E-state index contributed by atoms with van der Waals surface area (Å²) in [5.41, 5.74) is 0. The molecule has 0 aromatic heterocycles. The van der Waals surface area contributed by atoms with Crippen LogP contribution in [0.4, 0.5) is 0 Å². The summed E-state index contributed by atoms with van der Waals surface area (Å²) in [5, 5.41) is 4.93. The van der Waals surface area contributed by atoms with Crippen molar-refractivity contribution in [2.75, 3.05) is 19.6 Å². The Balaban J connectivity index is 0.00000121. The Kier molecular flexibility index (Phi) is 5.20. The summed E-state index contributed by atoms with van der Waals surface area (Å²) in [7, 11) is 0. The van der Waals surface area contributed by atoms with Crippen molar-refractivity contribution in [3.63, 3.8) is 0 Å². The molecule has 0 spiro atoms. The summed E-state index contributed by atoms with van der Waals surface area (Å²) in [4.78, 5) is 15.5. The molecule has 0 amide bonds. The summed E-state index contributed by atoms with van der Waals surface area (Å²) < 4.78 is 0. The zero-order valence-electron chi connectivity index (χ0n) is 7.37. The van der Waals surface area contributed by atoms with Crippen LogP contribution in [-0.2, 0) is 9.63 Å². The van der Waals surface area contributed by atoms with Gasteiger partial charge in [-0.2, -0.15) is 0 Å². The molecule has 0 aliphatic carbocycles. The summed E-state index contributed by atoms with van der Waals surface area (Å²) in [6, 6.07) is 0.285. The average Bonchev–Trinajstić information content (AvgIpc) is 1.93. The van der Waals surface area contributed by atoms with Crippen LogP contribution in [0.15, 0.2) is 0 Å². The largest absolute Gasteiger partial charge is 0.368 e. The smallest absolute Gasteiger partial charge is 0.322 e. The van der Waals surface area contributed by atoms with Crippen LogP contribution in [0.25, 0.3) is 0 Å². The number of hydrogen-bond donors (Lipinski definition) is 1. The van der Waals surface area contributed by atoms with Gasteiger partial charge in [-0.15, -0.1) is 17.5 Å². The second-order valence-electron chi connectivity index (χ2n) is 2.78. The van der Waals surface area contributed by atoms with Gasteiger partial charge in [-0.1, -0.05) is 0 Å². The highest BCUT2D eigenvalue weighted by Gasteiger charge is 2.19. The molecule has 1 rings (SSSR count). The third kappa shape index (κ3) is 3.38. The molecule has 1 fully saturated rings. The zero-order valence-corrected chi connectivity index (χ0v) is 8.19. The first-order valence-electron chi connectivity index (χ1n) is 3.86. The highest BCUT2D eigenvalue weighted by Crippen LogP contribution is 2.02. The number of nitrogens with zero attached hydrogens (tertiary/aromatic N) is 1. The van der Waals surface area contributed by atoms with Crippen molar-refractivity contribution < 1.29 is 9.63 Å². The average molecular weight is 195 g/mol. The van der Waals surface area contributed by atoms with Crippen LogP contribution in [0.2, 0.25) is 0 Å². The van der Waals surface area contributed by atoms with Crippen LogP contribution >= 0.6 is 12.4 Å². The van der Waals surface area contributed by atoms with Crippen molar-refractivity contribution in [3.05, 3.63) is 0 Å². The predicted octanol–water partition coefficient (Wildman–Crippen LogP) is 0.180. The number of rotatable bonds is 1. The first kappa shape index (κ1) is 11.7. The Morgan fingerprint density at radius 3 is 2.83 bits per heavy atom. The van der Waals surface area contributed by atoms with Crippen molar-refractivity contribution in [1.82, 2.24) is 10.4 Å². The lowest BCUT2D eigenvalue weighted by molar-refractivity contribution is -0.201. The molecule has 0 bridgehead atoms. The van der Waals surface area contributed by atoms with Crippen molar-refractivity contribution >= 4 is 18.4 Å². The van der Waals surface area contributed by atoms with Crippen LogP contribution in [0, 0.1) is 0 Å². The van der Waals surface area contributed by atoms with E-state index in [0.717, 1.165) is 19.6 Å². The number of carbonyl (C=O) groups is 1. The van der Waals surface area contributed by atoms with E-state index in [2.05, 4.69) is 5.32 Å². The van der Waals surface area contributed by atoms with Crippen molar-refractivity contribution in [2.24, 2.45) is 0 Å². The van der Waals surface area contributed by atoms with Crippen molar-refractivity contribution in [3.8, 4) is 0 Å². The highest BCUT2D eigenvalue weighted by molar-refractivity contribution is 5.85. The normalized spacial score (nSPS) is 24.3. The van der Waals surface area contributed by atoms with Gasteiger partial charge in [-0.25, -0.2) is 0 Å². The Labute approximate surface area is 78.6 Å².